The van der Waals surface area contributed by atoms with E-state index in [1.54, 1.807) is 18.6 Å². The standard InChI is InChI=1S/C16H18N2O/c1-2-3-9-14(15-12-17-10-11-18-15)16(19)13-7-5-4-6-8-13/h4-8,10-12,14H,2-3,9H2,1H3. The summed E-state index contributed by atoms with van der Waals surface area (Å²) in [5.41, 5.74) is 1.51. The lowest BCUT2D eigenvalue weighted by molar-refractivity contribution is 0.0952. The molecule has 0 saturated carbocycles. The van der Waals surface area contributed by atoms with Crippen molar-refractivity contribution in [2.24, 2.45) is 0 Å². The third-order valence-corrected chi connectivity index (χ3v) is 3.16. The smallest absolute Gasteiger partial charge is 0.171 e. The van der Waals surface area contributed by atoms with Crippen molar-refractivity contribution in [3.05, 3.63) is 60.2 Å². The number of benzene rings is 1. The van der Waals surface area contributed by atoms with Crippen molar-refractivity contribution in [1.29, 1.82) is 0 Å². The molecule has 1 unspecified atom stereocenters. The van der Waals surface area contributed by atoms with E-state index in [0.717, 1.165) is 30.5 Å². The van der Waals surface area contributed by atoms with Crippen LogP contribution in [0.5, 0.6) is 0 Å². The number of carbonyl (C=O) groups excluding carboxylic acids is 1. The van der Waals surface area contributed by atoms with Crippen molar-refractivity contribution in [3.63, 3.8) is 0 Å². The Bertz CT molecular complexity index is 511. The number of aromatic nitrogens is 2. The Morgan fingerprint density at radius 1 is 1.21 bits per heavy atom. The summed E-state index contributed by atoms with van der Waals surface area (Å²) in [6.07, 6.45) is 7.88. The first-order valence-corrected chi connectivity index (χ1v) is 6.68. The molecule has 2 aromatic rings. The summed E-state index contributed by atoms with van der Waals surface area (Å²) in [5, 5.41) is 0. The van der Waals surface area contributed by atoms with Gasteiger partial charge in [0, 0.05) is 24.2 Å². The molecule has 1 atom stereocenters. The largest absolute Gasteiger partial charge is 0.293 e. The number of rotatable bonds is 6. The molecule has 0 aliphatic rings. The van der Waals surface area contributed by atoms with E-state index in [-0.39, 0.29) is 11.7 Å². The molecule has 0 aliphatic carbocycles. The highest BCUT2D eigenvalue weighted by atomic mass is 16.1. The van der Waals surface area contributed by atoms with E-state index in [1.807, 2.05) is 30.3 Å². The van der Waals surface area contributed by atoms with Crippen LogP contribution in [0, 0.1) is 0 Å². The van der Waals surface area contributed by atoms with Crippen molar-refractivity contribution < 1.29 is 4.79 Å². The molecule has 0 fully saturated rings. The Morgan fingerprint density at radius 2 is 2.00 bits per heavy atom. The van der Waals surface area contributed by atoms with Crippen LogP contribution in [-0.4, -0.2) is 15.8 Å². The Hall–Kier alpha value is -2.03. The Morgan fingerprint density at radius 3 is 2.63 bits per heavy atom. The van der Waals surface area contributed by atoms with E-state index >= 15 is 0 Å². The summed E-state index contributed by atoms with van der Waals surface area (Å²) in [5.74, 6) is -0.0504. The lowest BCUT2D eigenvalue weighted by atomic mass is 9.90. The van der Waals surface area contributed by atoms with E-state index in [4.69, 9.17) is 0 Å². The van der Waals surface area contributed by atoms with Crippen molar-refractivity contribution in [2.75, 3.05) is 0 Å². The Labute approximate surface area is 113 Å². The van der Waals surface area contributed by atoms with E-state index in [0.29, 0.717) is 0 Å². The fourth-order valence-corrected chi connectivity index (χ4v) is 2.12. The molecule has 0 saturated heterocycles. The average Bonchev–Trinajstić information content (AvgIpc) is 2.49. The summed E-state index contributed by atoms with van der Waals surface area (Å²) in [6.45, 7) is 2.13. The zero-order valence-corrected chi connectivity index (χ0v) is 11.1. The molecule has 0 radical (unpaired) electrons. The molecule has 1 aromatic heterocycles. The highest BCUT2D eigenvalue weighted by Crippen LogP contribution is 2.24. The summed E-state index contributed by atoms with van der Waals surface area (Å²) < 4.78 is 0. The normalized spacial score (nSPS) is 12.1. The molecule has 2 rings (SSSR count). The van der Waals surface area contributed by atoms with Crippen LogP contribution in [0.3, 0.4) is 0 Å². The number of unbranched alkanes of at least 4 members (excludes halogenated alkanes) is 1. The lowest BCUT2D eigenvalue weighted by Gasteiger charge is -2.14. The third-order valence-electron chi connectivity index (χ3n) is 3.16. The van der Waals surface area contributed by atoms with Gasteiger partial charge in [-0.15, -0.1) is 0 Å². The zero-order valence-electron chi connectivity index (χ0n) is 11.1. The molecule has 1 heterocycles. The van der Waals surface area contributed by atoms with Crippen LogP contribution in [0.15, 0.2) is 48.9 Å². The fourth-order valence-electron chi connectivity index (χ4n) is 2.12. The van der Waals surface area contributed by atoms with Crippen LogP contribution in [0.1, 0.15) is 48.2 Å². The van der Waals surface area contributed by atoms with Crippen LogP contribution in [0.4, 0.5) is 0 Å². The van der Waals surface area contributed by atoms with Crippen molar-refractivity contribution in [1.82, 2.24) is 9.97 Å². The number of ketones is 1. The molecule has 0 N–H and O–H groups in total. The molecule has 0 aliphatic heterocycles. The highest BCUT2D eigenvalue weighted by Gasteiger charge is 2.22. The monoisotopic (exact) mass is 254 g/mol. The second-order valence-corrected chi connectivity index (χ2v) is 4.56. The Kier molecular flexibility index (Phi) is 4.78. The quantitative estimate of drug-likeness (QED) is 0.739. The summed E-state index contributed by atoms with van der Waals surface area (Å²) in [6, 6.07) is 9.41. The number of nitrogens with zero attached hydrogens (tertiary/aromatic N) is 2. The molecule has 1 aromatic carbocycles. The van der Waals surface area contributed by atoms with Gasteiger partial charge < -0.3 is 0 Å². The maximum absolute atomic E-state index is 12.6. The topological polar surface area (TPSA) is 42.9 Å². The maximum Gasteiger partial charge on any atom is 0.171 e. The molecule has 0 spiro atoms. The summed E-state index contributed by atoms with van der Waals surface area (Å²) in [4.78, 5) is 21.0. The van der Waals surface area contributed by atoms with Gasteiger partial charge in [0.2, 0.25) is 0 Å². The second kappa shape index (κ2) is 6.78. The van der Waals surface area contributed by atoms with E-state index in [9.17, 15) is 4.79 Å². The molecule has 98 valence electrons. The van der Waals surface area contributed by atoms with Gasteiger partial charge in [-0.2, -0.15) is 0 Å². The third kappa shape index (κ3) is 3.47. The molecular weight excluding hydrogens is 236 g/mol. The minimum Gasteiger partial charge on any atom is -0.293 e. The van der Waals surface area contributed by atoms with Crippen molar-refractivity contribution in [3.8, 4) is 0 Å². The van der Waals surface area contributed by atoms with Crippen LogP contribution in [0.25, 0.3) is 0 Å². The van der Waals surface area contributed by atoms with Gasteiger partial charge in [-0.3, -0.25) is 14.8 Å². The van der Waals surface area contributed by atoms with Gasteiger partial charge in [0.1, 0.15) is 0 Å². The molecular formula is C16H18N2O. The number of hydrogen-bond acceptors (Lipinski definition) is 3. The minimum atomic E-state index is -0.184. The highest BCUT2D eigenvalue weighted by molar-refractivity contribution is 6.00. The lowest BCUT2D eigenvalue weighted by Crippen LogP contribution is -2.14. The van der Waals surface area contributed by atoms with E-state index < -0.39 is 0 Å². The first-order chi connectivity index (χ1) is 9.33. The van der Waals surface area contributed by atoms with Gasteiger partial charge in [0.15, 0.2) is 5.78 Å². The predicted molar refractivity (Wildman–Crippen MR) is 75.1 cm³/mol. The Balaban J connectivity index is 2.25. The first kappa shape index (κ1) is 13.4. The second-order valence-electron chi connectivity index (χ2n) is 4.56. The minimum absolute atomic E-state index is 0.134. The van der Waals surface area contributed by atoms with Gasteiger partial charge in [0.05, 0.1) is 11.6 Å². The van der Waals surface area contributed by atoms with Gasteiger partial charge in [-0.05, 0) is 6.42 Å². The van der Waals surface area contributed by atoms with Gasteiger partial charge in [0.25, 0.3) is 0 Å². The number of carbonyl (C=O) groups is 1. The number of Topliss-reactive ketones (excluding diaryl/α,β-unsaturated/α-hetero) is 1. The molecule has 0 bridgehead atoms. The molecule has 0 amide bonds. The summed E-state index contributed by atoms with van der Waals surface area (Å²) >= 11 is 0. The number of hydrogen-bond donors (Lipinski definition) is 0. The summed E-state index contributed by atoms with van der Waals surface area (Å²) in [7, 11) is 0. The van der Waals surface area contributed by atoms with Crippen LogP contribution < -0.4 is 0 Å². The maximum atomic E-state index is 12.6. The van der Waals surface area contributed by atoms with Crippen molar-refractivity contribution in [2.45, 2.75) is 32.1 Å². The van der Waals surface area contributed by atoms with E-state index in [2.05, 4.69) is 16.9 Å². The van der Waals surface area contributed by atoms with Gasteiger partial charge in [-0.25, -0.2) is 0 Å². The van der Waals surface area contributed by atoms with E-state index in [1.165, 1.54) is 0 Å². The van der Waals surface area contributed by atoms with Crippen molar-refractivity contribution >= 4 is 5.78 Å². The SMILES string of the molecule is CCCCC(C(=O)c1ccccc1)c1cnccn1. The zero-order chi connectivity index (χ0) is 13.5. The molecule has 3 nitrogen and oxygen atoms in total. The van der Waals surface area contributed by atoms with Gasteiger partial charge >= 0.3 is 0 Å². The van der Waals surface area contributed by atoms with Crippen LogP contribution in [0.2, 0.25) is 0 Å². The fraction of sp³-hybridized carbons (Fsp3) is 0.312. The van der Waals surface area contributed by atoms with Crippen LogP contribution in [-0.2, 0) is 0 Å². The predicted octanol–water partition coefficient (Wildman–Crippen LogP) is 3.63. The van der Waals surface area contributed by atoms with Gasteiger partial charge in [-0.1, -0.05) is 50.1 Å². The molecule has 3 heteroatoms. The first-order valence-electron chi connectivity index (χ1n) is 6.68. The molecule has 19 heavy (non-hydrogen) atoms. The van der Waals surface area contributed by atoms with Crippen LogP contribution >= 0.6 is 0 Å². The average molecular weight is 254 g/mol.